The van der Waals surface area contributed by atoms with Gasteiger partial charge in [0.05, 0.1) is 6.54 Å². The normalized spacial score (nSPS) is 12.3. The van der Waals surface area contributed by atoms with E-state index in [2.05, 4.69) is 39.1 Å². The molecule has 0 saturated carbocycles. The van der Waals surface area contributed by atoms with Gasteiger partial charge in [-0.1, -0.05) is 64.1 Å². The van der Waals surface area contributed by atoms with Gasteiger partial charge in [0.1, 0.15) is 18.1 Å². The second-order valence-electron chi connectivity index (χ2n) is 7.61. The topological polar surface area (TPSA) is 47.6 Å². The van der Waals surface area contributed by atoms with Crippen LogP contribution in [0.3, 0.4) is 0 Å². The number of hydrogen-bond donors (Lipinski definition) is 1. The van der Waals surface area contributed by atoms with E-state index in [1.54, 1.807) is 6.92 Å². The standard InChI is InChI=1S/C23H31NO3/c1-6-18-11-7-9-13-20(18)27-17(2)22(25)24-15-16-26-21-14-10-8-12-19(21)23(3,4)5/h7-14,17H,6,15-16H2,1-5H3,(H,24,25)/t17-/m0/s1. The molecule has 0 saturated heterocycles. The number of carbonyl (C=O) groups is 1. The third-order valence-electron chi connectivity index (χ3n) is 4.38. The van der Waals surface area contributed by atoms with Crippen molar-refractivity contribution in [2.24, 2.45) is 0 Å². The number of aryl methyl sites for hydroxylation is 1. The van der Waals surface area contributed by atoms with Gasteiger partial charge in [-0.3, -0.25) is 4.79 Å². The third kappa shape index (κ3) is 6.02. The fourth-order valence-corrected chi connectivity index (χ4v) is 2.85. The summed E-state index contributed by atoms with van der Waals surface area (Å²) in [5.41, 5.74) is 2.26. The Hall–Kier alpha value is -2.49. The van der Waals surface area contributed by atoms with Crippen molar-refractivity contribution in [1.82, 2.24) is 5.32 Å². The number of hydrogen-bond acceptors (Lipinski definition) is 3. The van der Waals surface area contributed by atoms with E-state index < -0.39 is 6.10 Å². The first-order valence-corrected chi connectivity index (χ1v) is 9.57. The quantitative estimate of drug-likeness (QED) is 0.697. The summed E-state index contributed by atoms with van der Waals surface area (Å²) in [6.07, 6.45) is 0.311. The van der Waals surface area contributed by atoms with Gasteiger partial charge in [-0.25, -0.2) is 0 Å². The molecule has 4 nitrogen and oxygen atoms in total. The number of amides is 1. The van der Waals surface area contributed by atoms with Crippen LogP contribution in [0.4, 0.5) is 0 Å². The monoisotopic (exact) mass is 369 g/mol. The van der Waals surface area contributed by atoms with Crippen LogP contribution in [0.1, 0.15) is 45.7 Å². The molecule has 0 fully saturated rings. The molecule has 1 N–H and O–H groups in total. The highest BCUT2D eigenvalue weighted by Gasteiger charge is 2.19. The summed E-state index contributed by atoms with van der Waals surface area (Å²) in [5.74, 6) is 1.48. The number of para-hydroxylation sites is 2. The van der Waals surface area contributed by atoms with Gasteiger partial charge < -0.3 is 14.8 Å². The molecule has 0 aromatic heterocycles. The minimum Gasteiger partial charge on any atom is -0.491 e. The van der Waals surface area contributed by atoms with Gasteiger partial charge in [0.25, 0.3) is 5.91 Å². The van der Waals surface area contributed by atoms with Crippen molar-refractivity contribution in [3.05, 3.63) is 59.7 Å². The maximum Gasteiger partial charge on any atom is 0.260 e. The second kappa shape index (κ2) is 9.45. The first-order chi connectivity index (χ1) is 12.8. The maximum absolute atomic E-state index is 12.3. The molecule has 4 heteroatoms. The van der Waals surface area contributed by atoms with E-state index >= 15 is 0 Å². The van der Waals surface area contributed by atoms with Crippen LogP contribution in [-0.4, -0.2) is 25.2 Å². The molecule has 146 valence electrons. The molecule has 0 radical (unpaired) electrons. The molecule has 2 aromatic rings. The van der Waals surface area contributed by atoms with Crippen LogP contribution in [0.5, 0.6) is 11.5 Å². The summed E-state index contributed by atoms with van der Waals surface area (Å²) >= 11 is 0. The molecular weight excluding hydrogens is 338 g/mol. The van der Waals surface area contributed by atoms with Gasteiger partial charge in [-0.15, -0.1) is 0 Å². The predicted octanol–water partition coefficient (Wildman–Crippen LogP) is 4.51. The fraction of sp³-hybridized carbons (Fsp3) is 0.435. The zero-order valence-corrected chi connectivity index (χ0v) is 17.0. The summed E-state index contributed by atoms with van der Waals surface area (Å²) in [6.45, 7) is 11.1. The van der Waals surface area contributed by atoms with Gasteiger partial charge in [-0.2, -0.15) is 0 Å². The summed E-state index contributed by atoms with van der Waals surface area (Å²) in [6, 6.07) is 15.8. The van der Waals surface area contributed by atoms with Gasteiger partial charge in [-0.05, 0) is 42.0 Å². The largest absolute Gasteiger partial charge is 0.491 e. The van der Waals surface area contributed by atoms with E-state index in [0.29, 0.717) is 13.2 Å². The minimum atomic E-state index is -0.556. The number of ether oxygens (including phenoxy) is 2. The van der Waals surface area contributed by atoms with Crippen molar-refractivity contribution < 1.29 is 14.3 Å². The summed E-state index contributed by atoms with van der Waals surface area (Å²) in [7, 11) is 0. The molecule has 0 spiro atoms. The first-order valence-electron chi connectivity index (χ1n) is 9.57. The summed E-state index contributed by atoms with van der Waals surface area (Å²) < 4.78 is 11.7. The van der Waals surface area contributed by atoms with Crippen LogP contribution >= 0.6 is 0 Å². The van der Waals surface area contributed by atoms with Crippen molar-refractivity contribution in [2.75, 3.05) is 13.2 Å². The summed E-state index contributed by atoms with van der Waals surface area (Å²) in [5, 5.41) is 2.88. The van der Waals surface area contributed by atoms with E-state index in [0.717, 1.165) is 29.0 Å². The molecule has 0 aliphatic carbocycles. The molecule has 1 atom stereocenters. The lowest BCUT2D eigenvalue weighted by Crippen LogP contribution is -2.38. The molecule has 0 bridgehead atoms. The van der Waals surface area contributed by atoms with Crippen LogP contribution in [0.15, 0.2) is 48.5 Å². The Morgan fingerprint density at radius 1 is 1.04 bits per heavy atom. The highest BCUT2D eigenvalue weighted by Crippen LogP contribution is 2.30. The lowest BCUT2D eigenvalue weighted by Gasteiger charge is -2.23. The van der Waals surface area contributed by atoms with E-state index in [1.165, 1.54) is 0 Å². The highest BCUT2D eigenvalue weighted by atomic mass is 16.5. The molecule has 0 heterocycles. The highest BCUT2D eigenvalue weighted by molar-refractivity contribution is 5.80. The van der Waals surface area contributed by atoms with Crippen LogP contribution in [0.25, 0.3) is 0 Å². The van der Waals surface area contributed by atoms with Crippen LogP contribution < -0.4 is 14.8 Å². The van der Waals surface area contributed by atoms with Crippen molar-refractivity contribution in [3.8, 4) is 11.5 Å². The molecule has 27 heavy (non-hydrogen) atoms. The van der Waals surface area contributed by atoms with Gasteiger partial charge in [0.2, 0.25) is 0 Å². The maximum atomic E-state index is 12.3. The zero-order valence-electron chi connectivity index (χ0n) is 17.0. The minimum absolute atomic E-state index is 0.00879. The van der Waals surface area contributed by atoms with E-state index in [9.17, 15) is 4.79 Å². The van der Waals surface area contributed by atoms with E-state index in [1.807, 2.05) is 42.5 Å². The predicted molar refractivity (Wildman–Crippen MR) is 110 cm³/mol. The van der Waals surface area contributed by atoms with Crippen molar-refractivity contribution in [3.63, 3.8) is 0 Å². The van der Waals surface area contributed by atoms with E-state index in [4.69, 9.17) is 9.47 Å². The lowest BCUT2D eigenvalue weighted by atomic mass is 9.86. The Labute approximate surface area is 162 Å². The number of benzene rings is 2. The Morgan fingerprint density at radius 3 is 2.33 bits per heavy atom. The first kappa shape index (κ1) is 20.8. The summed E-state index contributed by atoms with van der Waals surface area (Å²) in [4.78, 5) is 12.3. The Morgan fingerprint density at radius 2 is 1.67 bits per heavy atom. The second-order valence-corrected chi connectivity index (χ2v) is 7.61. The van der Waals surface area contributed by atoms with Crippen LogP contribution in [0.2, 0.25) is 0 Å². The Kier molecular flexibility index (Phi) is 7.28. The molecule has 0 aliphatic heterocycles. The van der Waals surface area contributed by atoms with Crippen molar-refractivity contribution in [2.45, 2.75) is 52.6 Å². The Balaban J connectivity index is 1.83. The average molecular weight is 370 g/mol. The molecule has 2 rings (SSSR count). The van der Waals surface area contributed by atoms with Gasteiger partial charge in [0, 0.05) is 0 Å². The molecule has 0 unspecified atom stereocenters. The molecular formula is C23H31NO3. The van der Waals surface area contributed by atoms with Gasteiger partial charge >= 0.3 is 0 Å². The SMILES string of the molecule is CCc1ccccc1O[C@@H](C)C(=O)NCCOc1ccccc1C(C)(C)C. The van der Waals surface area contributed by atoms with Crippen molar-refractivity contribution >= 4 is 5.91 Å². The third-order valence-corrected chi connectivity index (χ3v) is 4.38. The fourth-order valence-electron chi connectivity index (χ4n) is 2.85. The van der Waals surface area contributed by atoms with Gasteiger partial charge in [0.15, 0.2) is 6.10 Å². The Bertz CT molecular complexity index is 749. The van der Waals surface area contributed by atoms with Crippen LogP contribution in [-0.2, 0) is 16.6 Å². The van der Waals surface area contributed by atoms with Crippen molar-refractivity contribution in [1.29, 1.82) is 0 Å². The molecule has 1 amide bonds. The van der Waals surface area contributed by atoms with Crippen LogP contribution in [0, 0.1) is 0 Å². The number of rotatable bonds is 8. The van der Waals surface area contributed by atoms with E-state index in [-0.39, 0.29) is 11.3 Å². The average Bonchev–Trinajstić information content (AvgIpc) is 2.65. The molecule has 0 aliphatic rings. The zero-order chi connectivity index (χ0) is 19.9. The smallest absolute Gasteiger partial charge is 0.260 e. The number of nitrogens with one attached hydrogen (secondary N) is 1. The number of carbonyl (C=O) groups excluding carboxylic acids is 1. The lowest BCUT2D eigenvalue weighted by molar-refractivity contribution is -0.127. The molecule has 2 aromatic carbocycles.